The van der Waals surface area contributed by atoms with Crippen LogP contribution in [0.3, 0.4) is 0 Å². The SMILES string of the molecule is CC1=C(c2nnc(C)o2)C(c2cccc3ccccc23)n2nnnc2N1. The van der Waals surface area contributed by atoms with Gasteiger partial charge in [-0.1, -0.05) is 47.6 Å². The summed E-state index contributed by atoms with van der Waals surface area (Å²) in [6.45, 7) is 3.74. The molecule has 26 heavy (non-hydrogen) atoms. The van der Waals surface area contributed by atoms with Crippen molar-refractivity contribution >= 4 is 22.3 Å². The Kier molecular flexibility index (Phi) is 3.11. The van der Waals surface area contributed by atoms with Crippen molar-refractivity contribution in [1.82, 2.24) is 30.4 Å². The molecule has 3 heterocycles. The van der Waals surface area contributed by atoms with E-state index < -0.39 is 0 Å². The third-order valence-corrected chi connectivity index (χ3v) is 4.59. The molecular weight excluding hydrogens is 330 g/mol. The van der Waals surface area contributed by atoms with Crippen molar-refractivity contribution < 1.29 is 4.42 Å². The molecule has 5 rings (SSSR count). The minimum atomic E-state index is -0.271. The molecule has 8 heteroatoms. The zero-order valence-corrected chi connectivity index (χ0v) is 14.2. The molecule has 1 unspecified atom stereocenters. The maximum absolute atomic E-state index is 5.75. The lowest BCUT2D eigenvalue weighted by Crippen LogP contribution is -2.24. The highest BCUT2D eigenvalue weighted by molar-refractivity contribution is 5.89. The van der Waals surface area contributed by atoms with Crippen molar-refractivity contribution in [2.24, 2.45) is 0 Å². The van der Waals surface area contributed by atoms with E-state index in [0.29, 0.717) is 17.7 Å². The summed E-state index contributed by atoms with van der Waals surface area (Å²) >= 11 is 0. The van der Waals surface area contributed by atoms with Crippen LogP contribution in [0.4, 0.5) is 5.95 Å². The highest BCUT2D eigenvalue weighted by atomic mass is 16.4. The average molecular weight is 345 g/mol. The van der Waals surface area contributed by atoms with E-state index in [0.717, 1.165) is 27.6 Å². The molecule has 0 fully saturated rings. The number of fused-ring (bicyclic) bond motifs is 2. The van der Waals surface area contributed by atoms with E-state index in [2.05, 4.69) is 55.3 Å². The molecule has 0 spiro atoms. The highest BCUT2D eigenvalue weighted by Gasteiger charge is 2.34. The molecule has 1 atom stereocenters. The van der Waals surface area contributed by atoms with Gasteiger partial charge in [0.2, 0.25) is 17.7 Å². The lowest BCUT2D eigenvalue weighted by molar-refractivity contribution is 0.490. The molecular formula is C18H15N7O. The monoisotopic (exact) mass is 345 g/mol. The number of nitrogens with zero attached hydrogens (tertiary/aromatic N) is 6. The van der Waals surface area contributed by atoms with Crippen LogP contribution in [0.2, 0.25) is 0 Å². The number of aromatic nitrogens is 6. The molecule has 1 N–H and O–H groups in total. The smallest absolute Gasteiger partial charge is 0.248 e. The molecule has 2 aromatic carbocycles. The van der Waals surface area contributed by atoms with Crippen LogP contribution in [0, 0.1) is 6.92 Å². The Hall–Kier alpha value is -3.55. The number of hydrogen-bond donors (Lipinski definition) is 1. The molecule has 0 aliphatic carbocycles. The third kappa shape index (κ3) is 2.12. The fourth-order valence-electron chi connectivity index (χ4n) is 3.47. The van der Waals surface area contributed by atoms with Gasteiger partial charge in [0.15, 0.2) is 0 Å². The van der Waals surface area contributed by atoms with Crippen molar-refractivity contribution in [2.75, 3.05) is 5.32 Å². The molecule has 2 aromatic heterocycles. The molecule has 0 saturated carbocycles. The van der Waals surface area contributed by atoms with E-state index in [9.17, 15) is 0 Å². The first-order chi connectivity index (χ1) is 12.7. The predicted octanol–water partition coefficient (Wildman–Crippen LogP) is 2.96. The van der Waals surface area contributed by atoms with Crippen LogP contribution in [0.1, 0.15) is 30.3 Å². The lowest BCUT2D eigenvalue weighted by atomic mass is 9.91. The van der Waals surface area contributed by atoms with Crippen molar-refractivity contribution in [3.63, 3.8) is 0 Å². The van der Waals surface area contributed by atoms with Gasteiger partial charge in [-0.15, -0.1) is 10.2 Å². The van der Waals surface area contributed by atoms with Gasteiger partial charge < -0.3 is 9.73 Å². The summed E-state index contributed by atoms with van der Waals surface area (Å²) in [6, 6.07) is 14.2. The van der Waals surface area contributed by atoms with Gasteiger partial charge in [-0.3, -0.25) is 0 Å². The van der Waals surface area contributed by atoms with Crippen LogP contribution in [-0.4, -0.2) is 30.4 Å². The molecule has 1 aliphatic rings. The Balaban J connectivity index is 1.81. The number of aryl methyl sites for hydroxylation is 1. The fourth-order valence-corrected chi connectivity index (χ4v) is 3.47. The van der Waals surface area contributed by atoms with Crippen molar-refractivity contribution in [1.29, 1.82) is 0 Å². The standard InChI is InChI=1S/C18H15N7O/c1-10-15(17-21-20-11(2)26-17)16(25-18(19-10)22-23-24-25)14-9-5-7-12-6-3-4-8-13(12)14/h3-9,16H,1-2H3,(H,19,22,24). The summed E-state index contributed by atoms with van der Waals surface area (Å²) in [5.74, 6) is 1.56. The Morgan fingerprint density at radius 2 is 1.85 bits per heavy atom. The van der Waals surface area contributed by atoms with Gasteiger partial charge in [0.25, 0.3) is 0 Å². The normalized spacial score (nSPS) is 16.6. The molecule has 4 aromatic rings. The molecule has 0 radical (unpaired) electrons. The summed E-state index contributed by atoms with van der Waals surface area (Å²) in [5.41, 5.74) is 2.82. The number of hydrogen-bond acceptors (Lipinski definition) is 7. The molecule has 128 valence electrons. The van der Waals surface area contributed by atoms with Gasteiger partial charge in [0, 0.05) is 12.6 Å². The first kappa shape index (κ1) is 14.8. The summed E-state index contributed by atoms with van der Waals surface area (Å²) in [7, 11) is 0. The predicted molar refractivity (Wildman–Crippen MR) is 95.2 cm³/mol. The van der Waals surface area contributed by atoms with Crippen LogP contribution >= 0.6 is 0 Å². The zero-order chi connectivity index (χ0) is 17.7. The molecule has 0 amide bonds. The summed E-state index contributed by atoms with van der Waals surface area (Å²) in [5, 5.41) is 25.9. The number of tetrazole rings is 1. The Morgan fingerprint density at radius 1 is 1.00 bits per heavy atom. The van der Waals surface area contributed by atoms with E-state index >= 15 is 0 Å². The maximum Gasteiger partial charge on any atom is 0.248 e. The van der Waals surface area contributed by atoms with Crippen molar-refractivity contribution in [2.45, 2.75) is 19.9 Å². The van der Waals surface area contributed by atoms with E-state index in [1.54, 1.807) is 11.6 Å². The second kappa shape index (κ2) is 5.48. The summed E-state index contributed by atoms with van der Waals surface area (Å²) < 4.78 is 7.50. The number of nitrogens with one attached hydrogen (secondary N) is 1. The second-order valence-electron chi connectivity index (χ2n) is 6.21. The lowest BCUT2D eigenvalue weighted by Gasteiger charge is -2.27. The van der Waals surface area contributed by atoms with Gasteiger partial charge in [0.1, 0.15) is 6.04 Å². The number of anilines is 1. The summed E-state index contributed by atoms with van der Waals surface area (Å²) in [4.78, 5) is 0. The van der Waals surface area contributed by atoms with Crippen LogP contribution in [0.5, 0.6) is 0 Å². The molecule has 0 saturated heterocycles. The van der Waals surface area contributed by atoms with E-state index in [-0.39, 0.29) is 6.04 Å². The third-order valence-electron chi connectivity index (χ3n) is 4.59. The largest absolute Gasteiger partial charge is 0.421 e. The quantitative estimate of drug-likeness (QED) is 0.597. The van der Waals surface area contributed by atoms with Crippen LogP contribution < -0.4 is 5.32 Å². The Bertz CT molecular complexity index is 1150. The van der Waals surface area contributed by atoms with E-state index in [4.69, 9.17) is 4.42 Å². The Morgan fingerprint density at radius 3 is 2.69 bits per heavy atom. The Labute approximate surface area is 148 Å². The number of rotatable bonds is 2. The van der Waals surface area contributed by atoms with Crippen LogP contribution in [0.15, 0.2) is 52.6 Å². The van der Waals surface area contributed by atoms with Gasteiger partial charge in [0.05, 0.1) is 5.57 Å². The number of allylic oxidation sites excluding steroid dienone is 2. The first-order valence-electron chi connectivity index (χ1n) is 8.26. The van der Waals surface area contributed by atoms with E-state index in [1.165, 1.54) is 0 Å². The zero-order valence-electron chi connectivity index (χ0n) is 14.2. The van der Waals surface area contributed by atoms with Gasteiger partial charge in [-0.05, 0) is 33.7 Å². The second-order valence-corrected chi connectivity index (χ2v) is 6.21. The minimum Gasteiger partial charge on any atom is -0.421 e. The highest BCUT2D eigenvalue weighted by Crippen LogP contribution is 2.41. The van der Waals surface area contributed by atoms with E-state index in [1.807, 2.05) is 25.1 Å². The van der Waals surface area contributed by atoms with Crippen LogP contribution in [-0.2, 0) is 0 Å². The average Bonchev–Trinajstić information content (AvgIpc) is 3.28. The fraction of sp³-hybridized carbons (Fsp3) is 0.167. The van der Waals surface area contributed by atoms with Gasteiger partial charge in [-0.25, -0.2) is 0 Å². The summed E-state index contributed by atoms with van der Waals surface area (Å²) in [6.07, 6.45) is 0. The first-order valence-corrected chi connectivity index (χ1v) is 8.26. The molecule has 1 aliphatic heterocycles. The molecule has 8 nitrogen and oxygen atoms in total. The minimum absolute atomic E-state index is 0.271. The van der Waals surface area contributed by atoms with Crippen LogP contribution in [0.25, 0.3) is 16.3 Å². The number of benzene rings is 2. The van der Waals surface area contributed by atoms with Gasteiger partial charge >= 0.3 is 0 Å². The van der Waals surface area contributed by atoms with Gasteiger partial charge in [-0.2, -0.15) is 4.68 Å². The topological polar surface area (TPSA) is 94.5 Å². The van der Waals surface area contributed by atoms with Crippen molar-refractivity contribution in [3.05, 3.63) is 65.5 Å². The molecule has 0 bridgehead atoms. The maximum atomic E-state index is 5.75. The van der Waals surface area contributed by atoms with Crippen molar-refractivity contribution in [3.8, 4) is 0 Å².